The maximum absolute atomic E-state index is 13.0. The molecule has 0 saturated carbocycles. The van der Waals surface area contributed by atoms with Crippen LogP contribution in [-0.4, -0.2) is 23.8 Å². The number of allylic oxidation sites excluding steroid dienone is 2. The first-order chi connectivity index (χ1) is 16.3. The lowest BCUT2D eigenvalue weighted by molar-refractivity contribution is -0.384. The Labute approximate surface area is 203 Å². The molecule has 2 aromatic rings. The summed E-state index contributed by atoms with van der Waals surface area (Å²) in [6.07, 6.45) is 1.49. The minimum atomic E-state index is -0.826. The van der Waals surface area contributed by atoms with Crippen molar-refractivity contribution < 1.29 is 28.7 Å². The fraction of sp³-hybridized carbons (Fsp3) is 0.250. The Morgan fingerprint density at radius 2 is 1.97 bits per heavy atom. The standard InChI is InChI=1S/C24H21BrN2O7/c1-32-24(29)22-20(21-17(28)3-2-4-19(21)34-23(22)26)16-11-14(25)7-10-18(16)33-12-13-5-8-15(9-6-13)27(30)31/h5-11,20H,2-4,12,26H2,1H3/t20-/m1/s1. The summed E-state index contributed by atoms with van der Waals surface area (Å²) < 4.78 is 17.4. The number of esters is 1. The molecule has 2 aromatic carbocycles. The third-order valence-electron chi connectivity index (χ3n) is 5.71. The van der Waals surface area contributed by atoms with E-state index in [0.29, 0.717) is 51.9 Å². The van der Waals surface area contributed by atoms with Gasteiger partial charge in [0.25, 0.3) is 5.69 Å². The summed E-state index contributed by atoms with van der Waals surface area (Å²) in [7, 11) is 1.24. The molecule has 0 aromatic heterocycles. The quantitative estimate of drug-likeness (QED) is 0.331. The van der Waals surface area contributed by atoms with Crippen molar-refractivity contribution in [3.8, 4) is 5.75 Å². The van der Waals surface area contributed by atoms with Crippen molar-refractivity contribution in [2.75, 3.05) is 7.11 Å². The van der Waals surface area contributed by atoms with Gasteiger partial charge >= 0.3 is 5.97 Å². The van der Waals surface area contributed by atoms with Gasteiger partial charge in [-0.05, 0) is 42.3 Å². The number of methoxy groups -OCH3 is 1. The fourth-order valence-electron chi connectivity index (χ4n) is 4.13. The highest BCUT2D eigenvalue weighted by Gasteiger charge is 2.42. The molecule has 1 aliphatic heterocycles. The molecule has 2 aliphatic rings. The predicted molar refractivity (Wildman–Crippen MR) is 125 cm³/mol. The molecule has 34 heavy (non-hydrogen) atoms. The van der Waals surface area contributed by atoms with Gasteiger partial charge in [-0.15, -0.1) is 0 Å². The van der Waals surface area contributed by atoms with Crippen LogP contribution in [0.3, 0.4) is 0 Å². The van der Waals surface area contributed by atoms with E-state index in [1.54, 1.807) is 30.3 Å². The molecule has 0 unspecified atom stereocenters. The zero-order valence-electron chi connectivity index (χ0n) is 18.2. The largest absolute Gasteiger partial charge is 0.489 e. The predicted octanol–water partition coefficient (Wildman–Crippen LogP) is 4.40. The Hall–Kier alpha value is -3.66. The van der Waals surface area contributed by atoms with E-state index >= 15 is 0 Å². The summed E-state index contributed by atoms with van der Waals surface area (Å²) in [6, 6.07) is 11.3. The molecule has 0 fully saturated rings. The third-order valence-corrected chi connectivity index (χ3v) is 6.21. The zero-order valence-corrected chi connectivity index (χ0v) is 19.8. The maximum atomic E-state index is 13.0. The van der Waals surface area contributed by atoms with E-state index in [2.05, 4.69) is 15.9 Å². The monoisotopic (exact) mass is 528 g/mol. The summed E-state index contributed by atoms with van der Waals surface area (Å²) >= 11 is 3.46. The number of ether oxygens (including phenoxy) is 3. The topological polar surface area (TPSA) is 131 Å². The number of nitrogens with zero attached hydrogens (tertiary/aromatic N) is 1. The van der Waals surface area contributed by atoms with E-state index in [4.69, 9.17) is 19.9 Å². The second-order valence-corrected chi connectivity index (χ2v) is 8.73. The smallest absolute Gasteiger partial charge is 0.340 e. The van der Waals surface area contributed by atoms with Gasteiger partial charge in [0.15, 0.2) is 5.78 Å². The first-order valence-corrected chi connectivity index (χ1v) is 11.3. The Bertz CT molecular complexity index is 1230. The van der Waals surface area contributed by atoms with Crippen LogP contribution in [0.2, 0.25) is 0 Å². The van der Waals surface area contributed by atoms with Crippen molar-refractivity contribution >= 4 is 33.4 Å². The Morgan fingerprint density at radius 3 is 2.65 bits per heavy atom. The van der Waals surface area contributed by atoms with Crippen LogP contribution in [0.25, 0.3) is 0 Å². The van der Waals surface area contributed by atoms with Crippen molar-refractivity contribution in [3.63, 3.8) is 0 Å². The maximum Gasteiger partial charge on any atom is 0.340 e. The van der Waals surface area contributed by atoms with E-state index < -0.39 is 16.8 Å². The van der Waals surface area contributed by atoms with Crippen LogP contribution in [0.1, 0.15) is 36.3 Å². The lowest BCUT2D eigenvalue weighted by Crippen LogP contribution is -2.31. The van der Waals surface area contributed by atoms with Crippen molar-refractivity contribution in [1.82, 2.24) is 0 Å². The molecule has 0 saturated heterocycles. The van der Waals surface area contributed by atoms with Crippen LogP contribution >= 0.6 is 15.9 Å². The highest BCUT2D eigenvalue weighted by atomic mass is 79.9. The molecular formula is C24H21BrN2O7. The number of rotatable bonds is 6. The van der Waals surface area contributed by atoms with Crippen LogP contribution in [0.15, 0.2) is 69.7 Å². The molecule has 4 rings (SSSR count). The summed E-state index contributed by atoms with van der Waals surface area (Å²) in [4.78, 5) is 36.1. The van der Waals surface area contributed by atoms with Crippen LogP contribution in [-0.2, 0) is 25.7 Å². The van der Waals surface area contributed by atoms with Crippen molar-refractivity contribution in [2.45, 2.75) is 31.8 Å². The lowest BCUT2D eigenvalue weighted by atomic mass is 9.77. The van der Waals surface area contributed by atoms with Crippen molar-refractivity contribution in [1.29, 1.82) is 0 Å². The van der Waals surface area contributed by atoms with Gasteiger partial charge < -0.3 is 19.9 Å². The SMILES string of the molecule is COC(=O)C1=C(N)OC2=C(C(=O)CCC2)[C@H]1c1cc(Br)ccc1OCc1ccc([N+](=O)[O-])cc1. The van der Waals surface area contributed by atoms with Gasteiger partial charge in [0.05, 0.1) is 18.0 Å². The second-order valence-electron chi connectivity index (χ2n) is 7.81. The molecule has 1 heterocycles. The molecule has 0 spiro atoms. The third kappa shape index (κ3) is 4.54. The first kappa shape index (κ1) is 23.5. The van der Waals surface area contributed by atoms with Crippen LogP contribution in [0, 0.1) is 10.1 Å². The fourth-order valence-corrected chi connectivity index (χ4v) is 4.51. The van der Waals surface area contributed by atoms with Crippen molar-refractivity contribution in [3.05, 3.63) is 91.0 Å². The number of ketones is 1. The number of Topliss-reactive ketones (excluding diaryl/α,β-unsaturated/α-hetero) is 1. The molecule has 1 aliphatic carbocycles. The van der Waals surface area contributed by atoms with E-state index in [-0.39, 0.29) is 29.5 Å². The highest BCUT2D eigenvalue weighted by molar-refractivity contribution is 9.10. The molecule has 2 N–H and O–H groups in total. The highest BCUT2D eigenvalue weighted by Crippen LogP contribution is 2.47. The van der Waals surface area contributed by atoms with Crippen molar-refractivity contribution in [2.24, 2.45) is 5.73 Å². The molecule has 0 amide bonds. The number of hydrogen-bond donors (Lipinski definition) is 1. The number of hydrogen-bond acceptors (Lipinski definition) is 8. The number of carbonyl (C=O) groups excluding carboxylic acids is 2. The molecule has 9 nitrogen and oxygen atoms in total. The van der Waals surface area contributed by atoms with E-state index in [0.717, 1.165) is 0 Å². The Morgan fingerprint density at radius 1 is 1.24 bits per heavy atom. The molecule has 0 bridgehead atoms. The molecular weight excluding hydrogens is 508 g/mol. The van der Waals surface area contributed by atoms with Gasteiger partial charge in [0.2, 0.25) is 5.88 Å². The zero-order chi connectivity index (χ0) is 24.4. The number of carbonyl (C=O) groups is 2. The number of benzene rings is 2. The lowest BCUT2D eigenvalue weighted by Gasteiger charge is -2.33. The number of nitro benzene ring substituents is 1. The van der Waals surface area contributed by atoms with Gasteiger partial charge in [0.1, 0.15) is 23.7 Å². The summed E-state index contributed by atoms with van der Waals surface area (Å²) in [5.74, 6) is -0.879. The van der Waals surface area contributed by atoms with Gasteiger partial charge in [-0.25, -0.2) is 4.79 Å². The van der Waals surface area contributed by atoms with Gasteiger partial charge in [0, 0.05) is 40.6 Å². The minimum absolute atomic E-state index is 0.0195. The van der Waals surface area contributed by atoms with Crippen LogP contribution in [0.4, 0.5) is 5.69 Å². The van der Waals surface area contributed by atoms with Gasteiger partial charge in [-0.2, -0.15) is 0 Å². The summed E-state index contributed by atoms with van der Waals surface area (Å²) in [5, 5.41) is 10.9. The summed E-state index contributed by atoms with van der Waals surface area (Å²) in [5.41, 5.74) is 7.78. The van der Waals surface area contributed by atoms with E-state index in [1.165, 1.54) is 19.2 Å². The average Bonchev–Trinajstić information content (AvgIpc) is 2.82. The summed E-state index contributed by atoms with van der Waals surface area (Å²) in [6.45, 7) is 0.114. The number of non-ortho nitro benzene ring substituents is 1. The van der Waals surface area contributed by atoms with E-state index in [9.17, 15) is 19.7 Å². The first-order valence-electron chi connectivity index (χ1n) is 10.5. The Kier molecular flexibility index (Phi) is 6.69. The molecule has 176 valence electrons. The number of halogens is 1. The van der Waals surface area contributed by atoms with Gasteiger partial charge in [-0.3, -0.25) is 14.9 Å². The normalized spacial score (nSPS) is 17.7. The molecule has 0 radical (unpaired) electrons. The number of nitro groups is 1. The average molecular weight is 529 g/mol. The number of nitrogens with two attached hydrogens (primary N) is 1. The second kappa shape index (κ2) is 9.68. The van der Waals surface area contributed by atoms with Crippen LogP contribution < -0.4 is 10.5 Å². The van der Waals surface area contributed by atoms with E-state index in [1.807, 2.05) is 0 Å². The van der Waals surface area contributed by atoms with Gasteiger partial charge in [-0.1, -0.05) is 15.9 Å². The minimum Gasteiger partial charge on any atom is -0.489 e. The van der Waals surface area contributed by atoms with Crippen LogP contribution in [0.5, 0.6) is 5.75 Å². The molecule has 1 atom stereocenters. The Balaban J connectivity index is 1.76. The molecule has 10 heteroatoms.